The highest BCUT2D eigenvalue weighted by Crippen LogP contribution is 2.22. The van der Waals surface area contributed by atoms with E-state index < -0.39 is 12.2 Å². The first-order valence-corrected chi connectivity index (χ1v) is 5.30. The number of nitrogens with one attached hydrogen (secondary N) is 1. The van der Waals surface area contributed by atoms with Gasteiger partial charge in [0.2, 0.25) is 5.91 Å². The third-order valence-electron chi connectivity index (χ3n) is 3.04. The van der Waals surface area contributed by atoms with Crippen LogP contribution in [0.2, 0.25) is 0 Å². The van der Waals surface area contributed by atoms with Gasteiger partial charge in [0.1, 0.15) is 12.2 Å². The number of carbonyl (C=O) groups excluding carboxylic acids is 1. The van der Waals surface area contributed by atoms with Crippen LogP contribution in [0.1, 0.15) is 19.3 Å². The van der Waals surface area contributed by atoms with Gasteiger partial charge in [-0.25, -0.2) is 4.39 Å². The van der Waals surface area contributed by atoms with E-state index in [-0.39, 0.29) is 37.3 Å². The molecule has 1 amide bonds. The lowest BCUT2D eigenvalue weighted by Crippen LogP contribution is -2.45. The minimum Gasteiger partial charge on any atom is -0.322 e. The number of carbonyl (C=O) groups is 1. The molecule has 0 aromatic heterocycles. The first-order valence-electron chi connectivity index (χ1n) is 5.30. The molecule has 16 heavy (non-hydrogen) atoms. The lowest BCUT2D eigenvalue weighted by atomic mass is 10.2. The summed E-state index contributed by atoms with van der Waals surface area (Å²) in [4.78, 5) is 13.3. The van der Waals surface area contributed by atoms with Crippen molar-refractivity contribution in [3.05, 3.63) is 0 Å². The molecule has 2 rings (SSSR count). The zero-order valence-electron chi connectivity index (χ0n) is 8.86. The molecule has 1 N–H and O–H groups in total. The molecular weight excluding hydrogens is 233 g/mol. The summed E-state index contributed by atoms with van der Waals surface area (Å²) in [6, 6.07) is 1.21. The molecule has 0 radical (unpaired) electrons. The van der Waals surface area contributed by atoms with Crippen molar-refractivity contribution in [2.75, 3.05) is 13.1 Å². The van der Waals surface area contributed by atoms with E-state index in [4.69, 9.17) is 5.26 Å². The summed E-state index contributed by atoms with van der Waals surface area (Å²) in [6.07, 6.45) is 0.889. The Morgan fingerprint density at radius 1 is 1.56 bits per heavy atom. The molecule has 2 aliphatic rings. The average Bonchev–Trinajstić information content (AvgIpc) is 2.84. The maximum atomic E-state index is 13.1. The van der Waals surface area contributed by atoms with Crippen molar-refractivity contribution in [3.63, 3.8) is 0 Å². The van der Waals surface area contributed by atoms with Crippen LogP contribution in [0.5, 0.6) is 0 Å². The van der Waals surface area contributed by atoms with Crippen LogP contribution < -0.4 is 5.32 Å². The highest BCUT2D eigenvalue weighted by atomic mass is 35.5. The van der Waals surface area contributed by atoms with Gasteiger partial charge in [-0.15, -0.1) is 12.4 Å². The second-order valence-electron chi connectivity index (χ2n) is 4.12. The van der Waals surface area contributed by atoms with Gasteiger partial charge < -0.3 is 10.2 Å². The van der Waals surface area contributed by atoms with Crippen LogP contribution in [0.4, 0.5) is 4.39 Å². The van der Waals surface area contributed by atoms with Gasteiger partial charge >= 0.3 is 0 Å². The van der Waals surface area contributed by atoms with Gasteiger partial charge in [-0.2, -0.15) is 5.26 Å². The normalized spacial score (nSPS) is 33.2. The molecule has 2 aliphatic heterocycles. The largest absolute Gasteiger partial charge is 0.322 e. The van der Waals surface area contributed by atoms with Crippen LogP contribution in [0, 0.1) is 11.3 Å². The van der Waals surface area contributed by atoms with Crippen LogP contribution >= 0.6 is 12.4 Å². The minimum atomic E-state index is -1.04. The molecule has 0 aliphatic carbocycles. The number of rotatable bonds is 1. The topological polar surface area (TPSA) is 56.1 Å². The number of likely N-dealkylation sites (tertiary alicyclic amines) is 1. The fourth-order valence-electron chi connectivity index (χ4n) is 2.25. The van der Waals surface area contributed by atoms with Crippen molar-refractivity contribution < 1.29 is 9.18 Å². The van der Waals surface area contributed by atoms with E-state index >= 15 is 0 Å². The Hall–Kier alpha value is -0.860. The van der Waals surface area contributed by atoms with Gasteiger partial charge in [0.05, 0.1) is 18.7 Å². The van der Waals surface area contributed by atoms with Crippen LogP contribution in [0.25, 0.3) is 0 Å². The number of hydrogen-bond acceptors (Lipinski definition) is 3. The van der Waals surface area contributed by atoms with Crippen LogP contribution in [0.15, 0.2) is 0 Å². The zero-order valence-corrected chi connectivity index (χ0v) is 9.67. The Morgan fingerprint density at radius 3 is 2.88 bits per heavy atom. The van der Waals surface area contributed by atoms with Crippen molar-refractivity contribution in [1.82, 2.24) is 10.2 Å². The molecule has 0 aromatic carbocycles. The molecule has 0 unspecified atom stereocenters. The molecule has 2 fully saturated rings. The summed E-state index contributed by atoms with van der Waals surface area (Å²) in [5.74, 6) is -0.112. The SMILES string of the molecule is Cl.N#C[C@@H]1C[C@H](F)CN1C(=O)[C@@H]1CCCN1. The van der Waals surface area contributed by atoms with Gasteiger partial charge in [-0.3, -0.25) is 4.79 Å². The monoisotopic (exact) mass is 247 g/mol. The lowest BCUT2D eigenvalue weighted by Gasteiger charge is -2.22. The van der Waals surface area contributed by atoms with Crippen molar-refractivity contribution in [2.24, 2.45) is 0 Å². The van der Waals surface area contributed by atoms with Gasteiger partial charge in [0.25, 0.3) is 0 Å². The van der Waals surface area contributed by atoms with Crippen LogP contribution in [-0.4, -0.2) is 42.2 Å². The van der Waals surface area contributed by atoms with E-state index in [0.717, 1.165) is 19.4 Å². The van der Waals surface area contributed by atoms with E-state index in [1.807, 2.05) is 6.07 Å². The summed E-state index contributed by atoms with van der Waals surface area (Å²) < 4.78 is 13.1. The summed E-state index contributed by atoms with van der Waals surface area (Å²) in [7, 11) is 0. The fraction of sp³-hybridized carbons (Fsp3) is 0.800. The quantitative estimate of drug-likeness (QED) is 0.739. The number of hydrogen-bond donors (Lipinski definition) is 1. The first kappa shape index (κ1) is 13.2. The number of amides is 1. The summed E-state index contributed by atoms with van der Waals surface area (Å²) in [6.45, 7) is 0.912. The predicted molar refractivity (Wildman–Crippen MR) is 58.9 cm³/mol. The molecule has 0 saturated carbocycles. The number of nitrogens with zero attached hydrogens (tertiary/aromatic N) is 2. The van der Waals surface area contributed by atoms with E-state index in [0.29, 0.717) is 0 Å². The standard InChI is InChI=1S/C10H14FN3O.ClH/c11-7-4-8(5-12)14(6-7)10(15)9-2-1-3-13-9;/h7-9,13H,1-4,6H2;1H/t7-,8-,9-;/m0./s1. The Balaban J connectivity index is 0.00000128. The van der Waals surface area contributed by atoms with E-state index in [2.05, 4.69) is 5.32 Å². The Labute approximate surface area is 100 Å². The Kier molecular flexibility index (Phi) is 4.51. The molecule has 0 bridgehead atoms. The smallest absolute Gasteiger partial charge is 0.240 e. The summed E-state index contributed by atoms with van der Waals surface area (Å²) >= 11 is 0. The highest BCUT2D eigenvalue weighted by Gasteiger charge is 2.38. The molecule has 2 saturated heterocycles. The molecule has 6 heteroatoms. The maximum Gasteiger partial charge on any atom is 0.240 e. The Bertz CT molecular complexity index is 301. The van der Waals surface area contributed by atoms with Gasteiger partial charge in [-0.05, 0) is 19.4 Å². The molecular formula is C10H15ClFN3O. The van der Waals surface area contributed by atoms with Gasteiger partial charge in [0, 0.05) is 6.42 Å². The van der Waals surface area contributed by atoms with E-state index in [9.17, 15) is 9.18 Å². The van der Waals surface area contributed by atoms with Gasteiger partial charge in [0.15, 0.2) is 0 Å². The summed E-state index contributed by atoms with van der Waals surface area (Å²) in [5, 5.41) is 11.9. The van der Waals surface area contributed by atoms with Crippen LogP contribution in [0.3, 0.4) is 0 Å². The highest BCUT2D eigenvalue weighted by molar-refractivity contribution is 5.85. The molecule has 90 valence electrons. The molecule has 3 atom stereocenters. The predicted octanol–water partition coefficient (Wildman–Crippen LogP) is 0.623. The molecule has 0 spiro atoms. The molecule has 0 aromatic rings. The second-order valence-corrected chi connectivity index (χ2v) is 4.12. The fourth-order valence-corrected chi connectivity index (χ4v) is 2.25. The lowest BCUT2D eigenvalue weighted by molar-refractivity contribution is -0.133. The van der Waals surface area contributed by atoms with E-state index in [1.165, 1.54) is 4.90 Å². The summed E-state index contributed by atoms with van der Waals surface area (Å²) in [5.41, 5.74) is 0. The average molecular weight is 248 g/mol. The van der Waals surface area contributed by atoms with Crippen LogP contribution in [-0.2, 0) is 4.79 Å². The zero-order chi connectivity index (χ0) is 10.8. The van der Waals surface area contributed by atoms with Crippen molar-refractivity contribution >= 4 is 18.3 Å². The third kappa shape index (κ3) is 2.45. The third-order valence-corrected chi connectivity index (χ3v) is 3.04. The number of alkyl halides is 1. The molecule has 4 nitrogen and oxygen atoms in total. The van der Waals surface area contributed by atoms with Crippen molar-refractivity contribution in [2.45, 2.75) is 37.5 Å². The number of nitriles is 1. The maximum absolute atomic E-state index is 13.1. The van der Waals surface area contributed by atoms with E-state index in [1.54, 1.807) is 0 Å². The first-order chi connectivity index (χ1) is 7.22. The van der Waals surface area contributed by atoms with Gasteiger partial charge in [-0.1, -0.05) is 0 Å². The van der Waals surface area contributed by atoms with Crippen molar-refractivity contribution in [3.8, 4) is 6.07 Å². The van der Waals surface area contributed by atoms with Crippen molar-refractivity contribution in [1.29, 1.82) is 5.26 Å². The number of halogens is 2. The Morgan fingerprint density at radius 2 is 2.31 bits per heavy atom. The second kappa shape index (κ2) is 5.46. The molecule has 2 heterocycles. The minimum absolute atomic E-state index is 0.